The van der Waals surface area contributed by atoms with Crippen molar-refractivity contribution in [3.63, 3.8) is 0 Å². The van der Waals surface area contributed by atoms with E-state index in [2.05, 4.69) is 15.8 Å². The van der Waals surface area contributed by atoms with E-state index in [-0.39, 0.29) is 0 Å². The number of nitrogens with zero attached hydrogens (tertiary/aromatic N) is 1. The standard InChI is InChI=1S/C29H25N3O5/c1-35-27-18-22(12-17-26(27)36-20-21-8-4-2-5-9-21)19-30-32-29(34)28(33)31-23-13-15-25(16-14-23)37-24-10-6-3-7-11-24/h2-19H,20H2,1H3,(H,31,33)(H,32,34)/b30-19-. The molecule has 0 spiro atoms. The van der Waals surface area contributed by atoms with Gasteiger partial charge in [-0.05, 0) is 65.7 Å². The van der Waals surface area contributed by atoms with E-state index in [1.807, 2.05) is 60.7 Å². The smallest absolute Gasteiger partial charge is 0.329 e. The van der Waals surface area contributed by atoms with Crippen LogP contribution in [-0.4, -0.2) is 25.1 Å². The fourth-order valence-electron chi connectivity index (χ4n) is 3.25. The van der Waals surface area contributed by atoms with Crippen LogP contribution < -0.4 is 25.0 Å². The van der Waals surface area contributed by atoms with Crippen LogP contribution in [0.15, 0.2) is 108 Å². The van der Waals surface area contributed by atoms with Gasteiger partial charge in [0.2, 0.25) is 0 Å². The van der Waals surface area contributed by atoms with Crippen molar-refractivity contribution in [2.75, 3.05) is 12.4 Å². The van der Waals surface area contributed by atoms with Crippen LogP contribution in [0.2, 0.25) is 0 Å². The van der Waals surface area contributed by atoms with Crippen molar-refractivity contribution < 1.29 is 23.8 Å². The van der Waals surface area contributed by atoms with Gasteiger partial charge in [0, 0.05) is 5.69 Å². The van der Waals surface area contributed by atoms with Crippen LogP contribution in [0.25, 0.3) is 0 Å². The summed E-state index contributed by atoms with van der Waals surface area (Å²) in [5, 5.41) is 6.38. The average molecular weight is 496 g/mol. The van der Waals surface area contributed by atoms with Gasteiger partial charge in [-0.25, -0.2) is 5.43 Å². The lowest BCUT2D eigenvalue weighted by atomic mass is 10.2. The summed E-state index contributed by atoms with van der Waals surface area (Å²) in [5.41, 5.74) is 4.35. The van der Waals surface area contributed by atoms with Crippen molar-refractivity contribution in [3.05, 3.63) is 114 Å². The average Bonchev–Trinajstić information content (AvgIpc) is 2.94. The zero-order chi connectivity index (χ0) is 25.9. The quantitative estimate of drug-likeness (QED) is 0.190. The molecule has 0 bridgehead atoms. The van der Waals surface area contributed by atoms with E-state index in [4.69, 9.17) is 14.2 Å². The van der Waals surface area contributed by atoms with Gasteiger partial charge in [0.1, 0.15) is 18.1 Å². The molecule has 8 nitrogen and oxygen atoms in total. The summed E-state index contributed by atoms with van der Waals surface area (Å²) in [4.78, 5) is 24.3. The number of para-hydroxylation sites is 1. The molecule has 0 saturated heterocycles. The molecule has 0 fully saturated rings. The normalized spacial score (nSPS) is 10.5. The minimum absolute atomic E-state index is 0.401. The fourth-order valence-corrected chi connectivity index (χ4v) is 3.25. The molecule has 0 aromatic heterocycles. The summed E-state index contributed by atoms with van der Waals surface area (Å²) >= 11 is 0. The van der Waals surface area contributed by atoms with Crippen LogP contribution in [0.5, 0.6) is 23.0 Å². The number of hydrogen-bond acceptors (Lipinski definition) is 6. The predicted octanol–water partition coefficient (Wildman–Crippen LogP) is 5.16. The molecule has 0 atom stereocenters. The summed E-state index contributed by atoms with van der Waals surface area (Å²) in [6.45, 7) is 0.401. The van der Waals surface area contributed by atoms with Crippen molar-refractivity contribution in [1.29, 1.82) is 0 Å². The van der Waals surface area contributed by atoms with Crippen LogP contribution in [0, 0.1) is 0 Å². The highest BCUT2D eigenvalue weighted by Gasteiger charge is 2.13. The molecule has 0 aliphatic rings. The van der Waals surface area contributed by atoms with Crippen LogP contribution >= 0.6 is 0 Å². The predicted molar refractivity (Wildman–Crippen MR) is 141 cm³/mol. The summed E-state index contributed by atoms with van der Waals surface area (Å²) in [5.74, 6) is 0.635. The first kappa shape index (κ1) is 25.0. The molecule has 0 aliphatic heterocycles. The molecule has 4 aromatic carbocycles. The molecule has 2 amide bonds. The van der Waals surface area contributed by atoms with Crippen LogP contribution in [0.3, 0.4) is 0 Å². The fraction of sp³-hybridized carbons (Fsp3) is 0.0690. The lowest BCUT2D eigenvalue weighted by Gasteiger charge is -2.11. The lowest BCUT2D eigenvalue weighted by Crippen LogP contribution is -2.32. The highest BCUT2D eigenvalue weighted by atomic mass is 16.5. The monoisotopic (exact) mass is 495 g/mol. The highest BCUT2D eigenvalue weighted by molar-refractivity contribution is 6.39. The Hall–Kier alpha value is -5.11. The minimum atomic E-state index is -0.907. The topological polar surface area (TPSA) is 98.2 Å². The summed E-state index contributed by atoms with van der Waals surface area (Å²) in [6, 6.07) is 31.0. The third-order valence-electron chi connectivity index (χ3n) is 5.10. The zero-order valence-corrected chi connectivity index (χ0v) is 20.1. The first-order chi connectivity index (χ1) is 18.1. The summed E-state index contributed by atoms with van der Waals surface area (Å²) < 4.78 is 16.9. The number of carbonyl (C=O) groups is 2. The van der Waals surface area contributed by atoms with E-state index in [0.717, 1.165) is 5.56 Å². The third kappa shape index (κ3) is 7.43. The number of hydrazone groups is 1. The zero-order valence-electron chi connectivity index (χ0n) is 20.1. The van der Waals surface area contributed by atoms with E-state index in [1.165, 1.54) is 13.3 Å². The molecule has 8 heteroatoms. The van der Waals surface area contributed by atoms with E-state index < -0.39 is 11.8 Å². The molecule has 37 heavy (non-hydrogen) atoms. The van der Waals surface area contributed by atoms with Gasteiger partial charge in [-0.3, -0.25) is 9.59 Å². The molecule has 0 heterocycles. The summed E-state index contributed by atoms with van der Waals surface area (Å²) in [7, 11) is 1.54. The summed E-state index contributed by atoms with van der Waals surface area (Å²) in [6.07, 6.45) is 1.41. The molecule has 0 aliphatic carbocycles. The second-order valence-electron chi connectivity index (χ2n) is 7.78. The van der Waals surface area contributed by atoms with Gasteiger partial charge in [0.05, 0.1) is 13.3 Å². The molecule has 4 rings (SSSR count). The maximum Gasteiger partial charge on any atom is 0.329 e. The lowest BCUT2D eigenvalue weighted by molar-refractivity contribution is -0.136. The SMILES string of the molecule is COc1cc(/C=N\NC(=O)C(=O)Nc2ccc(Oc3ccccc3)cc2)ccc1OCc1ccccc1. The molecule has 0 unspecified atom stereocenters. The van der Waals surface area contributed by atoms with Crippen molar-refractivity contribution in [2.24, 2.45) is 5.10 Å². The number of carbonyl (C=O) groups excluding carboxylic acids is 2. The molecule has 0 radical (unpaired) electrons. The van der Waals surface area contributed by atoms with Gasteiger partial charge in [-0.2, -0.15) is 5.10 Å². The Bertz CT molecular complexity index is 1360. The Balaban J connectivity index is 1.27. The number of methoxy groups -OCH3 is 1. The number of amides is 2. The van der Waals surface area contributed by atoms with Gasteiger partial charge in [0.25, 0.3) is 0 Å². The first-order valence-corrected chi connectivity index (χ1v) is 11.4. The van der Waals surface area contributed by atoms with Crippen molar-refractivity contribution in [2.45, 2.75) is 6.61 Å². The number of rotatable bonds is 9. The Morgan fingerprint density at radius 1 is 0.784 bits per heavy atom. The highest BCUT2D eigenvalue weighted by Crippen LogP contribution is 2.28. The van der Waals surface area contributed by atoms with Gasteiger partial charge in [0.15, 0.2) is 11.5 Å². The van der Waals surface area contributed by atoms with Gasteiger partial charge in [-0.1, -0.05) is 48.5 Å². The van der Waals surface area contributed by atoms with Crippen molar-refractivity contribution >= 4 is 23.7 Å². The minimum Gasteiger partial charge on any atom is -0.493 e. The van der Waals surface area contributed by atoms with Crippen molar-refractivity contribution in [1.82, 2.24) is 5.43 Å². The largest absolute Gasteiger partial charge is 0.493 e. The molecule has 0 saturated carbocycles. The van der Waals surface area contributed by atoms with Crippen molar-refractivity contribution in [3.8, 4) is 23.0 Å². The van der Waals surface area contributed by atoms with Gasteiger partial charge >= 0.3 is 11.8 Å². The van der Waals surface area contributed by atoms with Crippen LogP contribution in [-0.2, 0) is 16.2 Å². The van der Waals surface area contributed by atoms with E-state index >= 15 is 0 Å². The Morgan fingerprint density at radius 2 is 1.46 bits per heavy atom. The van der Waals surface area contributed by atoms with Gasteiger partial charge < -0.3 is 19.5 Å². The molecular weight excluding hydrogens is 470 g/mol. The third-order valence-corrected chi connectivity index (χ3v) is 5.10. The molecule has 4 aromatic rings. The second kappa shape index (κ2) is 12.6. The number of nitrogens with one attached hydrogen (secondary N) is 2. The van der Waals surface area contributed by atoms with E-state index in [9.17, 15) is 9.59 Å². The molecular formula is C29H25N3O5. The Labute approximate surface area is 214 Å². The van der Waals surface area contributed by atoms with E-state index in [0.29, 0.717) is 40.9 Å². The van der Waals surface area contributed by atoms with Crippen LogP contribution in [0.1, 0.15) is 11.1 Å². The Morgan fingerprint density at radius 3 is 2.16 bits per heavy atom. The number of benzene rings is 4. The first-order valence-electron chi connectivity index (χ1n) is 11.4. The second-order valence-corrected chi connectivity index (χ2v) is 7.78. The van der Waals surface area contributed by atoms with Gasteiger partial charge in [-0.15, -0.1) is 0 Å². The number of anilines is 1. The molecule has 186 valence electrons. The molecule has 2 N–H and O–H groups in total. The van der Waals surface area contributed by atoms with E-state index in [1.54, 1.807) is 42.5 Å². The maximum absolute atomic E-state index is 12.2. The number of hydrogen-bond donors (Lipinski definition) is 2. The Kier molecular flexibility index (Phi) is 8.48. The number of ether oxygens (including phenoxy) is 3. The maximum atomic E-state index is 12.2. The van der Waals surface area contributed by atoms with Crippen LogP contribution in [0.4, 0.5) is 5.69 Å².